The molecule has 0 aromatic carbocycles. The molecule has 0 aromatic rings. The van der Waals surface area contributed by atoms with Gasteiger partial charge in [-0.1, -0.05) is 0 Å². The number of hydrogen-bond acceptors (Lipinski definition) is 3. The number of aliphatic hydroxyl groups excluding tert-OH is 1. The largest absolute Gasteiger partial charge is 0.389 e. The number of likely N-dealkylation sites (tertiary alicyclic amines) is 1. The average Bonchev–Trinajstić information content (AvgIpc) is 1.94. The van der Waals surface area contributed by atoms with Crippen molar-refractivity contribution in [3.63, 3.8) is 0 Å². The molecule has 1 saturated heterocycles. The summed E-state index contributed by atoms with van der Waals surface area (Å²) in [7, 11) is 0. The number of carbonyl (C=O) groups is 1. The molecule has 11 heavy (non-hydrogen) atoms. The van der Waals surface area contributed by atoms with Gasteiger partial charge >= 0.3 is 0 Å². The third kappa shape index (κ3) is 2.17. The van der Waals surface area contributed by atoms with Gasteiger partial charge in [0.05, 0.1) is 6.10 Å². The van der Waals surface area contributed by atoms with E-state index in [1.807, 2.05) is 6.92 Å². The van der Waals surface area contributed by atoms with Crippen LogP contribution in [0.25, 0.3) is 0 Å². The van der Waals surface area contributed by atoms with Gasteiger partial charge in [0, 0.05) is 19.7 Å². The zero-order valence-electron chi connectivity index (χ0n) is 6.62. The number of rotatable bonds is 3. The minimum atomic E-state index is -0.319. The van der Waals surface area contributed by atoms with Gasteiger partial charge in [0.15, 0.2) is 0 Å². The van der Waals surface area contributed by atoms with Crippen LogP contribution in [0.4, 0.5) is 0 Å². The van der Waals surface area contributed by atoms with E-state index in [2.05, 4.69) is 0 Å². The van der Waals surface area contributed by atoms with Crippen LogP contribution in [0, 0.1) is 0 Å². The Morgan fingerprint density at radius 1 is 1.73 bits per heavy atom. The fourth-order valence-corrected chi connectivity index (χ4v) is 0.940. The second kappa shape index (κ2) is 3.69. The van der Waals surface area contributed by atoms with Crippen LogP contribution in [0.2, 0.25) is 0 Å². The van der Waals surface area contributed by atoms with Crippen molar-refractivity contribution in [2.45, 2.75) is 13.0 Å². The quantitative estimate of drug-likeness (QED) is 0.588. The molecule has 0 unspecified atom stereocenters. The molecule has 64 valence electrons. The monoisotopic (exact) mass is 159 g/mol. The van der Waals surface area contributed by atoms with Crippen molar-refractivity contribution in [1.29, 1.82) is 0 Å². The van der Waals surface area contributed by atoms with Gasteiger partial charge in [-0.2, -0.15) is 0 Å². The Morgan fingerprint density at radius 2 is 2.36 bits per heavy atom. The molecule has 0 bridgehead atoms. The molecule has 1 N–H and O–H groups in total. The van der Waals surface area contributed by atoms with Crippen LogP contribution < -0.4 is 0 Å². The van der Waals surface area contributed by atoms with Crippen molar-refractivity contribution in [1.82, 2.24) is 4.90 Å². The Bertz CT molecular complexity index is 143. The summed E-state index contributed by atoms with van der Waals surface area (Å²) in [6, 6.07) is 0. The molecular formula is C7H13NO3. The van der Waals surface area contributed by atoms with Gasteiger partial charge < -0.3 is 14.7 Å². The summed E-state index contributed by atoms with van der Waals surface area (Å²) < 4.78 is 4.91. The number of aliphatic hydroxyl groups is 1. The zero-order chi connectivity index (χ0) is 8.27. The van der Waals surface area contributed by atoms with Crippen molar-refractivity contribution < 1.29 is 14.6 Å². The van der Waals surface area contributed by atoms with Crippen LogP contribution in [0.3, 0.4) is 0 Å². The maximum Gasteiger partial charge on any atom is 0.248 e. The first-order valence-corrected chi connectivity index (χ1v) is 3.77. The summed E-state index contributed by atoms with van der Waals surface area (Å²) in [6.45, 7) is 3.47. The topological polar surface area (TPSA) is 49.8 Å². The zero-order valence-corrected chi connectivity index (χ0v) is 6.62. The Labute approximate surface area is 65.8 Å². The lowest BCUT2D eigenvalue weighted by molar-refractivity contribution is -0.146. The van der Waals surface area contributed by atoms with Crippen molar-refractivity contribution in [2.24, 2.45) is 0 Å². The third-order valence-electron chi connectivity index (χ3n) is 1.64. The molecule has 1 fully saturated rings. The fourth-order valence-electron chi connectivity index (χ4n) is 0.940. The SMILES string of the molecule is CCOCC(=O)N1CC(O)C1. The van der Waals surface area contributed by atoms with Gasteiger partial charge in [-0.25, -0.2) is 0 Å². The van der Waals surface area contributed by atoms with Gasteiger partial charge in [0.2, 0.25) is 5.91 Å². The predicted octanol–water partition coefficient (Wildman–Crippen LogP) is -0.774. The number of nitrogens with zero attached hydrogens (tertiary/aromatic N) is 1. The minimum Gasteiger partial charge on any atom is -0.389 e. The van der Waals surface area contributed by atoms with E-state index in [1.54, 1.807) is 4.90 Å². The maximum absolute atomic E-state index is 11.0. The lowest BCUT2D eigenvalue weighted by Gasteiger charge is -2.35. The lowest BCUT2D eigenvalue weighted by Crippen LogP contribution is -2.54. The molecule has 4 nitrogen and oxygen atoms in total. The first-order valence-electron chi connectivity index (χ1n) is 3.77. The lowest BCUT2D eigenvalue weighted by atomic mass is 10.2. The summed E-state index contributed by atoms with van der Waals surface area (Å²) in [5.41, 5.74) is 0. The Hall–Kier alpha value is -0.610. The fraction of sp³-hybridized carbons (Fsp3) is 0.857. The first-order chi connectivity index (χ1) is 5.24. The molecular weight excluding hydrogens is 146 g/mol. The molecule has 0 atom stereocenters. The summed E-state index contributed by atoms with van der Waals surface area (Å²) >= 11 is 0. The first kappa shape index (κ1) is 8.49. The van der Waals surface area contributed by atoms with E-state index in [9.17, 15) is 4.79 Å². The van der Waals surface area contributed by atoms with Crippen molar-refractivity contribution in [3.05, 3.63) is 0 Å². The summed E-state index contributed by atoms with van der Waals surface area (Å²) in [5.74, 6) is -0.0304. The molecule has 0 saturated carbocycles. The Balaban J connectivity index is 2.11. The van der Waals surface area contributed by atoms with E-state index in [4.69, 9.17) is 9.84 Å². The van der Waals surface area contributed by atoms with Gasteiger partial charge in [0.25, 0.3) is 0 Å². The van der Waals surface area contributed by atoms with Crippen LogP contribution >= 0.6 is 0 Å². The number of carbonyl (C=O) groups excluding carboxylic acids is 1. The predicted molar refractivity (Wildman–Crippen MR) is 39.1 cm³/mol. The number of ether oxygens (including phenoxy) is 1. The number of hydrogen-bond donors (Lipinski definition) is 1. The normalized spacial score (nSPS) is 18.2. The van der Waals surface area contributed by atoms with E-state index in [0.29, 0.717) is 19.7 Å². The van der Waals surface area contributed by atoms with E-state index >= 15 is 0 Å². The van der Waals surface area contributed by atoms with E-state index in [1.165, 1.54) is 0 Å². The van der Waals surface area contributed by atoms with Crippen molar-refractivity contribution in [3.8, 4) is 0 Å². The second-order valence-electron chi connectivity index (χ2n) is 2.59. The maximum atomic E-state index is 11.0. The number of amides is 1. The van der Waals surface area contributed by atoms with Gasteiger partial charge in [-0.15, -0.1) is 0 Å². The van der Waals surface area contributed by atoms with Crippen LogP contribution in [0.1, 0.15) is 6.92 Å². The summed E-state index contributed by atoms with van der Waals surface area (Å²) in [4.78, 5) is 12.6. The average molecular weight is 159 g/mol. The van der Waals surface area contributed by atoms with Crippen molar-refractivity contribution >= 4 is 5.91 Å². The van der Waals surface area contributed by atoms with Crippen molar-refractivity contribution in [2.75, 3.05) is 26.3 Å². The molecule has 1 heterocycles. The third-order valence-corrected chi connectivity index (χ3v) is 1.64. The molecule has 1 rings (SSSR count). The van der Waals surface area contributed by atoms with E-state index < -0.39 is 0 Å². The minimum absolute atomic E-state index is 0.0304. The molecule has 1 aliphatic heterocycles. The number of β-amino-alcohol motifs (C(OH)–C–C–N with tert-alkyl or cyclic N) is 1. The second-order valence-corrected chi connectivity index (χ2v) is 2.59. The molecule has 1 aliphatic rings. The molecule has 4 heteroatoms. The van der Waals surface area contributed by atoms with Crippen LogP contribution in [0.15, 0.2) is 0 Å². The standard InChI is InChI=1S/C7H13NO3/c1-2-11-5-7(10)8-3-6(9)4-8/h6,9H,2-5H2,1H3. The Kier molecular flexibility index (Phi) is 2.84. The van der Waals surface area contributed by atoms with E-state index in [0.717, 1.165) is 0 Å². The van der Waals surface area contributed by atoms with Gasteiger partial charge in [-0.05, 0) is 6.92 Å². The van der Waals surface area contributed by atoms with Gasteiger partial charge in [0.1, 0.15) is 6.61 Å². The van der Waals surface area contributed by atoms with Crippen LogP contribution in [-0.2, 0) is 9.53 Å². The highest BCUT2D eigenvalue weighted by atomic mass is 16.5. The smallest absolute Gasteiger partial charge is 0.248 e. The van der Waals surface area contributed by atoms with E-state index in [-0.39, 0.29) is 18.6 Å². The molecule has 1 amide bonds. The molecule has 0 radical (unpaired) electrons. The molecule has 0 aromatic heterocycles. The Morgan fingerprint density at radius 3 is 2.82 bits per heavy atom. The summed E-state index contributed by atoms with van der Waals surface area (Å²) in [6.07, 6.45) is -0.319. The molecule has 0 aliphatic carbocycles. The summed E-state index contributed by atoms with van der Waals surface area (Å²) in [5, 5.41) is 8.86. The highest BCUT2D eigenvalue weighted by Crippen LogP contribution is 2.06. The highest BCUT2D eigenvalue weighted by molar-refractivity contribution is 5.78. The highest BCUT2D eigenvalue weighted by Gasteiger charge is 2.28. The molecule has 0 spiro atoms. The van der Waals surface area contributed by atoms with Crippen LogP contribution in [0.5, 0.6) is 0 Å². The van der Waals surface area contributed by atoms with Crippen LogP contribution in [-0.4, -0.2) is 48.3 Å². The van der Waals surface area contributed by atoms with Gasteiger partial charge in [-0.3, -0.25) is 4.79 Å².